The number of likely N-dealkylation sites (tertiary alicyclic amines) is 1. The highest BCUT2D eigenvalue weighted by molar-refractivity contribution is 5.89. The molecule has 140 valence electrons. The van der Waals surface area contributed by atoms with Crippen LogP contribution in [0.3, 0.4) is 0 Å². The molecule has 0 bridgehead atoms. The Morgan fingerprint density at radius 2 is 1.85 bits per heavy atom. The Labute approximate surface area is 158 Å². The molecule has 2 saturated heterocycles. The number of rotatable bonds is 4. The minimum absolute atomic E-state index is 0.0652. The quantitative estimate of drug-likeness (QED) is 0.814. The van der Waals surface area contributed by atoms with Gasteiger partial charge in [0.15, 0.2) is 0 Å². The van der Waals surface area contributed by atoms with E-state index in [1.165, 1.54) is 0 Å². The number of benzene rings is 1. The summed E-state index contributed by atoms with van der Waals surface area (Å²) in [6.07, 6.45) is 5.39. The van der Waals surface area contributed by atoms with Gasteiger partial charge in [0, 0.05) is 58.1 Å². The van der Waals surface area contributed by atoms with Crippen molar-refractivity contribution in [2.24, 2.45) is 5.92 Å². The molecule has 2 aliphatic heterocycles. The monoisotopic (exact) mass is 365 g/mol. The van der Waals surface area contributed by atoms with E-state index in [0.717, 1.165) is 24.5 Å². The van der Waals surface area contributed by atoms with Crippen molar-refractivity contribution >= 4 is 17.6 Å². The molecule has 1 aromatic heterocycles. The van der Waals surface area contributed by atoms with Crippen molar-refractivity contribution in [3.05, 3.63) is 54.5 Å². The van der Waals surface area contributed by atoms with Gasteiger partial charge in [-0.15, -0.1) is 0 Å². The molecular weight excluding hydrogens is 342 g/mol. The number of piperazine rings is 1. The van der Waals surface area contributed by atoms with Gasteiger partial charge in [-0.1, -0.05) is 30.3 Å². The summed E-state index contributed by atoms with van der Waals surface area (Å²) in [4.78, 5) is 39.5. The van der Waals surface area contributed by atoms with Crippen LogP contribution in [0.25, 0.3) is 0 Å². The molecule has 0 N–H and O–H groups in total. The van der Waals surface area contributed by atoms with E-state index in [2.05, 4.69) is 14.9 Å². The Balaban J connectivity index is 1.32. The van der Waals surface area contributed by atoms with Gasteiger partial charge >= 0.3 is 0 Å². The van der Waals surface area contributed by atoms with Gasteiger partial charge in [-0.25, -0.2) is 4.98 Å². The Morgan fingerprint density at radius 1 is 1.07 bits per heavy atom. The van der Waals surface area contributed by atoms with Gasteiger partial charge in [0.25, 0.3) is 0 Å². The molecular formula is C20H23N5O2. The first-order valence-corrected chi connectivity index (χ1v) is 9.32. The molecule has 0 saturated carbocycles. The molecule has 7 heteroatoms. The van der Waals surface area contributed by atoms with Crippen LogP contribution in [0, 0.1) is 5.92 Å². The van der Waals surface area contributed by atoms with E-state index in [9.17, 15) is 9.59 Å². The Bertz CT molecular complexity index is 791. The number of hydrogen-bond donors (Lipinski definition) is 0. The predicted molar refractivity (Wildman–Crippen MR) is 101 cm³/mol. The van der Waals surface area contributed by atoms with Crippen molar-refractivity contribution in [1.29, 1.82) is 0 Å². The van der Waals surface area contributed by atoms with Crippen molar-refractivity contribution < 1.29 is 9.59 Å². The lowest BCUT2D eigenvalue weighted by Crippen LogP contribution is -2.51. The van der Waals surface area contributed by atoms with Gasteiger partial charge in [-0.3, -0.25) is 14.6 Å². The summed E-state index contributed by atoms with van der Waals surface area (Å²) in [6.45, 7) is 3.86. The van der Waals surface area contributed by atoms with Crippen LogP contribution in [0.15, 0.2) is 48.9 Å². The van der Waals surface area contributed by atoms with Crippen LogP contribution < -0.4 is 4.90 Å². The molecule has 0 aliphatic carbocycles. The molecule has 2 aromatic rings. The van der Waals surface area contributed by atoms with Crippen LogP contribution in [-0.4, -0.2) is 64.3 Å². The normalized spacial score (nSPS) is 20.2. The molecule has 27 heavy (non-hydrogen) atoms. The zero-order valence-corrected chi connectivity index (χ0v) is 15.2. The van der Waals surface area contributed by atoms with Gasteiger partial charge in [0.2, 0.25) is 11.8 Å². The van der Waals surface area contributed by atoms with E-state index in [1.807, 2.05) is 35.2 Å². The van der Waals surface area contributed by atoms with Gasteiger partial charge < -0.3 is 14.7 Å². The summed E-state index contributed by atoms with van der Waals surface area (Å²) in [6, 6.07) is 9.91. The smallest absolute Gasteiger partial charge is 0.228 e. The molecule has 0 spiro atoms. The molecule has 2 amide bonds. The zero-order chi connectivity index (χ0) is 18.6. The number of anilines is 1. The number of carbonyl (C=O) groups excluding carboxylic acids is 2. The first-order valence-electron chi connectivity index (χ1n) is 9.32. The third-order valence-corrected chi connectivity index (χ3v) is 5.24. The van der Waals surface area contributed by atoms with Gasteiger partial charge in [-0.05, 0) is 5.56 Å². The summed E-state index contributed by atoms with van der Waals surface area (Å²) < 4.78 is 0. The largest absolute Gasteiger partial charge is 0.352 e. The summed E-state index contributed by atoms with van der Waals surface area (Å²) >= 11 is 0. The number of carbonyl (C=O) groups is 2. The van der Waals surface area contributed by atoms with Crippen LogP contribution in [0.2, 0.25) is 0 Å². The van der Waals surface area contributed by atoms with Crippen LogP contribution in [0.5, 0.6) is 0 Å². The van der Waals surface area contributed by atoms with Crippen molar-refractivity contribution in [2.45, 2.75) is 13.0 Å². The molecule has 7 nitrogen and oxygen atoms in total. The number of nitrogens with zero attached hydrogens (tertiary/aromatic N) is 5. The Kier molecular flexibility index (Phi) is 5.00. The first-order chi connectivity index (χ1) is 13.2. The van der Waals surface area contributed by atoms with E-state index < -0.39 is 0 Å². The second-order valence-corrected chi connectivity index (χ2v) is 7.04. The molecule has 1 aromatic carbocycles. The standard InChI is InChI=1S/C20H23N5O2/c26-19-12-17(15-25(19)14-16-4-2-1-3-5-16)20(27)24-10-8-23(9-11-24)18-13-21-6-7-22-18/h1-7,13,17H,8-12,14-15H2/t17-/m1/s1. The fourth-order valence-electron chi connectivity index (χ4n) is 3.76. The van der Waals surface area contributed by atoms with E-state index in [4.69, 9.17) is 0 Å². The molecule has 0 unspecified atom stereocenters. The highest BCUT2D eigenvalue weighted by Gasteiger charge is 2.37. The number of aromatic nitrogens is 2. The maximum Gasteiger partial charge on any atom is 0.228 e. The second-order valence-electron chi connectivity index (χ2n) is 7.04. The molecule has 2 fully saturated rings. The zero-order valence-electron chi connectivity index (χ0n) is 15.2. The maximum atomic E-state index is 12.9. The van der Waals surface area contributed by atoms with Crippen molar-refractivity contribution in [3.8, 4) is 0 Å². The summed E-state index contributed by atoms with van der Waals surface area (Å²) in [7, 11) is 0. The van der Waals surface area contributed by atoms with E-state index in [-0.39, 0.29) is 17.7 Å². The summed E-state index contributed by atoms with van der Waals surface area (Å²) in [5.41, 5.74) is 1.09. The number of amides is 2. The van der Waals surface area contributed by atoms with Crippen LogP contribution in [0.4, 0.5) is 5.82 Å². The Morgan fingerprint density at radius 3 is 2.56 bits per heavy atom. The third kappa shape index (κ3) is 3.92. The minimum atomic E-state index is -0.232. The fourth-order valence-corrected chi connectivity index (χ4v) is 3.76. The van der Waals surface area contributed by atoms with Crippen molar-refractivity contribution in [2.75, 3.05) is 37.6 Å². The number of hydrogen-bond acceptors (Lipinski definition) is 5. The molecule has 1 atom stereocenters. The third-order valence-electron chi connectivity index (χ3n) is 5.24. The van der Waals surface area contributed by atoms with Crippen LogP contribution >= 0.6 is 0 Å². The maximum absolute atomic E-state index is 12.9. The van der Waals surface area contributed by atoms with Gasteiger partial charge in [-0.2, -0.15) is 0 Å². The Hall–Kier alpha value is -2.96. The average Bonchev–Trinajstić information content (AvgIpc) is 3.09. The van der Waals surface area contributed by atoms with Gasteiger partial charge in [0.1, 0.15) is 5.82 Å². The SMILES string of the molecule is O=C1C[C@@H](C(=O)N2CCN(c3cnccn3)CC2)CN1Cc1ccccc1. The first kappa shape index (κ1) is 17.5. The lowest BCUT2D eigenvalue weighted by molar-refractivity contribution is -0.136. The summed E-state index contributed by atoms with van der Waals surface area (Å²) in [5, 5.41) is 0. The molecule has 4 rings (SSSR count). The topological polar surface area (TPSA) is 69.6 Å². The highest BCUT2D eigenvalue weighted by Crippen LogP contribution is 2.23. The van der Waals surface area contributed by atoms with Crippen LogP contribution in [-0.2, 0) is 16.1 Å². The molecule has 0 radical (unpaired) electrons. The van der Waals surface area contributed by atoms with E-state index >= 15 is 0 Å². The second kappa shape index (κ2) is 7.73. The summed E-state index contributed by atoms with van der Waals surface area (Å²) in [5.74, 6) is 0.770. The van der Waals surface area contributed by atoms with Gasteiger partial charge in [0.05, 0.1) is 12.1 Å². The van der Waals surface area contributed by atoms with E-state index in [1.54, 1.807) is 23.5 Å². The van der Waals surface area contributed by atoms with Crippen LogP contribution in [0.1, 0.15) is 12.0 Å². The van der Waals surface area contributed by atoms with E-state index in [0.29, 0.717) is 32.6 Å². The lowest BCUT2D eigenvalue weighted by atomic mass is 10.1. The molecule has 2 aliphatic rings. The average molecular weight is 365 g/mol. The van der Waals surface area contributed by atoms with Crippen molar-refractivity contribution in [3.63, 3.8) is 0 Å². The highest BCUT2D eigenvalue weighted by atomic mass is 16.2. The van der Waals surface area contributed by atoms with Crippen molar-refractivity contribution in [1.82, 2.24) is 19.8 Å². The molecule has 3 heterocycles. The lowest BCUT2D eigenvalue weighted by Gasteiger charge is -2.36. The minimum Gasteiger partial charge on any atom is -0.352 e. The predicted octanol–water partition coefficient (Wildman–Crippen LogP) is 1.17. The fraction of sp³-hybridized carbons (Fsp3) is 0.400.